The average Bonchev–Trinajstić information content (AvgIpc) is 2.38. The zero-order valence-corrected chi connectivity index (χ0v) is 12.1. The van der Waals surface area contributed by atoms with Gasteiger partial charge in [0.2, 0.25) is 5.91 Å². The normalized spacial score (nSPS) is 15.2. The molecular weight excluding hydrogens is 337 g/mol. The molecule has 1 amide bonds. The van der Waals surface area contributed by atoms with Crippen molar-refractivity contribution in [3.8, 4) is 0 Å². The topological polar surface area (TPSA) is 29.1 Å². The van der Waals surface area contributed by atoms with Crippen LogP contribution in [0.1, 0.15) is 18.4 Å². The summed E-state index contributed by atoms with van der Waals surface area (Å²) in [6.07, 6.45) is 9.50. The highest BCUT2D eigenvalue weighted by atomic mass is 127. The third kappa shape index (κ3) is 4.14. The van der Waals surface area contributed by atoms with Gasteiger partial charge < -0.3 is 5.32 Å². The molecule has 0 radical (unpaired) electrons. The first-order chi connectivity index (χ1) is 8.74. The van der Waals surface area contributed by atoms with Gasteiger partial charge in [0.15, 0.2) is 0 Å². The molecule has 1 aromatic carbocycles. The van der Waals surface area contributed by atoms with E-state index < -0.39 is 0 Å². The number of hydrogen-bond donors (Lipinski definition) is 1. The van der Waals surface area contributed by atoms with Crippen molar-refractivity contribution in [1.82, 2.24) is 5.32 Å². The zero-order chi connectivity index (χ0) is 12.8. The van der Waals surface area contributed by atoms with Crippen molar-refractivity contribution in [3.05, 3.63) is 63.4 Å². The maximum Gasteiger partial charge on any atom is 0.248 e. The van der Waals surface area contributed by atoms with Gasteiger partial charge in [0, 0.05) is 11.8 Å². The van der Waals surface area contributed by atoms with Crippen LogP contribution in [0, 0.1) is 0 Å². The first-order valence-corrected chi connectivity index (χ1v) is 6.92. The Balaban J connectivity index is 1.93. The van der Waals surface area contributed by atoms with Gasteiger partial charge in [0.1, 0.15) is 0 Å². The van der Waals surface area contributed by atoms with Crippen molar-refractivity contribution in [1.29, 1.82) is 0 Å². The molecule has 0 atom stereocenters. The Morgan fingerprint density at radius 1 is 1.28 bits per heavy atom. The van der Waals surface area contributed by atoms with Gasteiger partial charge in [0.25, 0.3) is 0 Å². The molecule has 1 aromatic rings. The van der Waals surface area contributed by atoms with Crippen LogP contribution in [0.2, 0.25) is 0 Å². The number of benzene rings is 1. The Labute approximate surface area is 121 Å². The lowest BCUT2D eigenvalue weighted by Gasteiger charge is -2.09. The van der Waals surface area contributed by atoms with Crippen LogP contribution in [-0.4, -0.2) is 5.91 Å². The lowest BCUT2D eigenvalue weighted by Crippen LogP contribution is -2.20. The summed E-state index contributed by atoms with van der Waals surface area (Å²) in [4.78, 5) is 11.7. The minimum atomic E-state index is -0.0903. The molecule has 0 aliphatic heterocycles. The first kappa shape index (κ1) is 13.1. The quantitative estimate of drug-likeness (QED) is 0.651. The molecule has 18 heavy (non-hydrogen) atoms. The summed E-state index contributed by atoms with van der Waals surface area (Å²) < 4.78 is 1.28. The van der Waals surface area contributed by atoms with E-state index in [1.165, 1.54) is 3.58 Å². The number of hydrogen-bond acceptors (Lipinski definition) is 1. The zero-order valence-electron chi connectivity index (χ0n) is 9.90. The van der Waals surface area contributed by atoms with Gasteiger partial charge in [0.05, 0.1) is 0 Å². The van der Waals surface area contributed by atoms with Gasteiger partial charge in [-0.25, -0.2) is 0 Å². The molecule has 0 spiro atoms. The van der Waals surface area contributed by atoms with E-state index in [0.29, 0.717) is 0 Å². The third-order valence-electron chi connectivity index (χ3n) is 2.55. The van der Waals surface area contributed by atoms with Crippen molar-refractivity contribution < 1.29 is 4.79 Å². The summed E-state index contributed by atoms with van der Waals surface area (Å²) in [5.41, 5.74) is 1.92. The van der Waals surface area contributed by atoms with Crippen LogP contribution in [0.15, 0.2) is 57.8 Å². The van der Waals surface area contributed by atoms with Crippen molar-refractivity contribution in [2.45, 2.75) is 12.8 Å². The summed E-state index contributed by atoms with van der Waals surface area (Å²) in [5, 5.41) is 2.87. The Morgan fingerprint density at radius 2 is 2.06 bits per heavy atom. The maximum absolute atomic E-state index is 11.7. The highest BCUT2D eigenvalue weighted by molar-refractivity contribution is 14.1. The molecule has 2 rings (SSSR count). The lowest BCUT2D eigenvalue weighted by atomic mass is 10.1. The Kier molecular flexibility index (Phi) is 4.75. The molecule has 1 N–H and O–H groups in total. The fourth-order valence-corrected chi connectivity index (χ4v) is 2.32. The van der Waals surface area contributed by atoms with Gasteiger partial charge in [-0.15, -0.1) is 0 Å². The summed E-state index contributed by atoms with van der Waals surface area (Å²) in [6.45, 7) is 0. The second-order valence-corrected chi connectivity index (χ2v) is 5.41. The predicted molar refractivity (Wildman–Crippen MR) is 83.0 cm³/mol. The second-order valence-electron chi connectivity index (χ2n) is 4.02. The molecule has 0 saturated carbocycles. The molecule has 3 heteroatoms. The average molecular weight is 351 g/mol. The lowest BCUT2D eigenvalue weighted by molar-refractivity contribution is -0.115. The predicted octanol–water partition coefficient (Wildman–Crippen LogP) is 3.81. The smallest absolute Gasteiger partial charge is 0.248 e. The van der Waals surface area contributed by atoms with Crippen LogP contribution in [0.5, 0.6) is 0 Å². The fraction of sp³-hybridized carbons (Fsp3) is 0.133. The van der Waals surface area contributed by atoms with Gasteiger partial charge >= 0.3 is 0 Å². The number of carbonyl (C=O) groups is 1. The van der Waals surface area contributed by atoms with E-state index in [2.05, 4.69) is 34.0 Å². The highest BCUT2D eigenvalue weighted by Crippen LogP contribution is 2.20. The Bertz CT molecular complexity index is 515. The number of amides is 1. The van der Waals surface area contributed by atoms with E-state index >= 15 is 0 Å². The van der Waals surface area contributed by atoms with E-state index in [4.69, 9.17) is 0 Å². The summed E-state index contributed by atoms with van der Waals surface area (Å²) in [7, 11) is 0. The van der Waals surface area contributed by atoms with E-state index in [9.17, 15) is 4.79 Å². The van der Waals surface area contributed by atoms with Crippen LogP contribution in [0.25, 0.3) is 6.08 Å². The number of halogens is 1. The molecule has 0 heterocycles. The number of rotatable bonds is 3. The first-order valence-electron chi connectivity index (χ1n) is 5.84. The van der Waals surface area contributed by atoms with Crippen molar-refractivity contribution in [2.75, 3.05) is 0 Å². The molecule has 92 valence electrons. The van der Waals surface area contributed by atoms with Gasteiger partial charge in [-0.2, -0.15) is 0 Å². The van der Waals surface area contributed by atoms with E-state index in [1.54, 1.807) is 6.08 Å². The standard InChI is InChI=1S/C15H14INO/c16-13-7-4-8-14(11-13)17-15(18)10-9-12-5-2-1-3-6-12/h1-3,5-6,8-11H,4,7H2,(H,17,18)/b10-9+. The minimum absolute atomic E-state index is 0.0903. The van der Waals surface area contributed by atoms with Crippen molar-refractivity contribution in [3.63, 3.8) is 0 Å². The van der Waals surface area contributed by atoms with Crippen molar-refractivity contribution >= 4 is 34.6 Å². The molecule has 0 aromatic heterocycles. The van der Waals surface area contributed by atoms with Gasteiger partial charge in [-0.3, -0.25) is 4.79 Å². The van der Waals surface area contributed by atoms with Crippen LogP contribution in [0.4, 0.5) is 0 Å². The molecule has 1 aliphatic rings. The molecule has 1 aliphatic carbocycles. The number of allylic oxidation sites excluding steroid dienone is 3. The molecule has 0 unspecified atom stereocenters. The van der Waals surface area contributed by atoms with E-state index in [1.807, 2.05) is 42.5 Å². The van der Waals surface area contributed by atoms with Gasteiger partial charge in [-0.05, 0) is 56.7 Å². The Morgan fingerprint density at radius 3 is 2.78 bits per heavy atom. The van der Waals surface area contributed by atoms with Crippen LogP contribution in [-0.2, 0) is 4.79 Å². The van der Waals surface area contributed by atoms with Crippen LogP contribution in [0.3, 0.4) is 0 Å². The van der Waals surface area contributed by atoms with Gasteiger partial charge in [-0.1, -0.05) is 36.4 Å². The summed E-state index contributed by atoms with van der Waals surface area (Å²) in [6, 6.07) is 9.79. The Hall–Kier alpha value is -1.36. The van der Waals surface area contributed by atoms with Crippen LogP contribution < -0.4 is 5.32 Å². The van der Waals surface area contributed by atoms with E-state index in [0.717, 1.165) is 24.1 Å². The number of carbonyl (C=O) groups excluding carboxylic acids is 1. The summed E-state index contributed by atoms with van der Waals surface area (Å²) >= 11 is 2.30. The molecule has 0 bridgehead atoms. The summed E-state index contributed by atoms with van der Waals surface area (Å²) in [5.74, 6) is -0.0903. The molecule has 0 fully saturated rings. The monoisotopic (exact) mass is 351 g/mol. The highest BCUT2D eigenvalue weighted by Gasteiger charge is 2.04. The van der Waals surface area contributed by atoms with E-state index in [-0.39, 0.29) is 5.91 Å². The minimum Gasteiger partial charge on any atom is -0.323 e. The second kappa shape index (κ2) is 6.54. The maximum atomic E-state index is 11.7. The molecule has 2 nitrogen and oxygen atoms in total. The third-order valence-corrected chi connectivity index (χ3v) is 3.40. The molecular formula is C15H14INO. The fourth-order valence-electron chi connectivity index (χ4n) is 1.67. The number of nitrogens with one attached hydrogen (secondary N) is 1. The SMILES string of the molecule is O=C(/C=C/c1ccccc1)NC1=CCCC(I)=C1. The van der Waals surface area contributed by atoms with Crippen molar-refractivity contribution in [2.24, 2.45) is 0 Å². The largest absolute Gasteiger partial charge is 0.323 e. The molecule has 0 saturated heterocycles. The van der Waals surface area contributed by atoms with Crippen LogP contribution >= 0.6 is 22.6 Å².